The van der Waals surface area contributed by atoms with E-state index in [0.717, 1.165) is 38.1 Å². The van der Waals surface area contributed by atoms with E-state index in [1.165, 1.54) is 38.5 Å². The molecule has 3 nitrogen and oxygen atoms in total. The van der Waals surface area contributed by atoms with Crippen LogP contribution in [0, 0.1) is 5.92 Å². The Hall–Kier alpha value is 0.447. The predicted octanol–water partition coefficient (Wildman–Crippen LogP) is 5.08. The lowest BCUT2D eigenvalue weighted by Gasteiger charge is -2.33. The summed E-state index contributed by atoms with van der Waals surface area (Å²) in [5.74, 6) is 0.629. The zero-order chi connectivity index (χ0) is 16.3. The van der Waals surface area contributed by atoms with Crippen molar-refractivity contribution in [3.05, 3.63) is 0 Å². The molecule has 0 saturated carbocycles. The second kappa shape index (κ2) is 11.9. The minimum absolute atomic E-state index is 0.495. The number of hydrogen-bond donors (Lipinski definition) is 2. The summed E-state index contributed by atoms with van der Waals surface area (Å²) in [6.45, 7) is 8.51. The highest BCUT2D eigenvalue weighted by Gasteiger charge is 2.37. The zero-order valence-electron chi connectivity index (χ0n) is 14.9. The molecule has 3 unspecified atom stereocenters. The highest BCUT2D eigenvalue weighted by molar-refractivity contribution is 7.80. The van der Waals surface area contributed by atoms with Crippen LogP contribution in [-0.4, -0.2) is 27.0 Å². The van der Waals surface area contributed by atoms with Gasteiger partial charge in [-0.15, -0.1) is 0 Å². The Morgan fingerprint density at radius 2 is 1.95 bits per heavy atom. The van der Waals surface area contributed by atoms with Gasteiger partial charge in [0, 0.05) is 18.4 Å². The molecule has 1 aliphatic heterocycles. The number of thiol groups is 1. The summed E-state index contributed by atoms with van der Waals surface area (Å²) >= 11 is 4.78. The summed E-state index contributed by atoms with van der Waals surface area (Å²) in [5, 5.41) is 0.495. The van der Waals surface area contributed by atoms with Crippen molar-refractivity contribution in [3.8, 4) is 0 Å². The van der Waals surface area contributed by atoms with Gasteiger partial charge in [0.2, 0.25) is 0 Å². The summed E-state index contributed by atoms with van der Waals surface area (Å²) in [5.41, 5.74) is 3.18. The highest BCUT2D eigenvalue weighted by atomic mass is 32.1. The number of nitrogens with one attached hydrogen (secondary N) is 1. The van der Waals surface area contributed by atoms with Crippen LogP contribution in [0.2, 0.25) is 12.1 Å². The predicted molar refractivity (Wildman–Crippen MR) is 101 cm³/mol. The van der Waals surface area contributed by atoms with E-state index in [1.807, 2.05) is 0 Å². The average molecular weight is 348 g/mol. The standard InChI is InChI=1S/C17H37NO2SSi/c1-4-6-7-8-9-10-17(21)12-14-22(5-2)19-13-11-16(3)15-18-20-22/h16-18,21H,4-15H2,1-3H3. The molecular formula is C17H37NO2SSi. The van der Waals surface area contributed by atoms with Crippen LogP contribution in [0.25, 0.3) is 0 Å². The molecule has 0 bridgehead atoms. The van der Waals surface area contributed by atoms with E-state index in [1.54, 1.807) is 0 Å². The maximum Gasteiger partial charge on any atom is 0.357 e. The average Bonchev–Trinajstić information content (AvgIpc) is 2.49. The number of hydrogen-bond acceptors (Lipinski definition) is 4. The van der Waals surface area contributed by atoms with E-state index in [9.17, 15) is 0 Å². The number of rotatable bonds is 10. The van der Waals surface area contributed by atoms with Gasteiger partial charge < -0.3 is 8.95 Å². The maximum atomic E-state index is 6.22. The lowest BCUT2D eigenvalue weighted by atomic mass is 10.1. The zero-order valence-corrected chi connectivity index (χ0v) is 16.8. The first kappa shape index (κ1) is 20.5. The Labute approximate surface area is 144 Å². The van der Waals surface area contributed by atoms with Crippen LogP contribution in [0.3, 0.4) is 0 Å². The summed E-state index contributed by atoms with van der Waals surface area (Å²) in [6.07, 6.45) is 10.2. The summed E-state index contributed by atoms with van der Waals surface area (Å²) in [7, 11) is -2.05. The topological polar surface area (TPSA) is 30.5 Å². The van der Waals surface area contributed by atoms with Gasteiger partial charge in [-0.3, -0.25) is 0 Å². The third-order valence-corrected chi connectivity index (χ3v) is 8.59. The Kier molecular flexibility index (Phi) is 11.1. The van der Waals surface area contributed by atoms with E-state index in [4.69, 9.17) is 21.6 Å². The van der Waals surface area contributed by atoms with Gasteiger partial charge in [0.05, 0.1) is 0 Å². The van der Waals surface area contributed by atoms with Gasteiger partial charge >= 0.3 is 8.56 Å². The molecule has 22 heavy (non-hydrogen) atoms. The molecule has 0 aliphatic carbocycles. The van der Waals surface area contributed by atoms with Crippen LogP contribution in [-0.2, 0) is 8.95 Å². The molecule has 0 aromatic heterocycles. The SMILES string of the molecule is CCCCCCCC(S)CC[Si]1(CC)OCCC(C)CNO1. The molecule has 0 aromatic rings. The van der Waals surface area contributed by atoms with Crippen molar-refractivity contribution in [3.63, 3.8) is 0 Å². The third-order valence-electron chi connectivity index (χ3n) is 4.70. The number of hydroxylamine groups is 1. The Morgan fingerprint density at radius 1 is 1.18 bits per heavy atom. The molecule has 3 atom stereocenters. The molecule has 1 fully saturated rings. The van der Waals surface area contributed by atoms with E-state index >= 15 is 0 Å². The van der Waals surface area contributed by atoms with Crippen LogP contribution >= 0.6 is 12.6 Å². The Morgan fingerprint density at radius 3 is 2.68 bits per heavy atom. The fraction of sp³-hybridized carbons (Fsp3) is 1.00. The molecule has 1 aliphatic rings. The summed E-state index contributed by atoms with van der Waals surface area (Å²) < 4.78 is 12.2. The molecule has 132 valence electrons. The van der Waals surface area contributed by atoms with Gasteiger partial charge in [-0.1, -0.05) is 52.9 Å². The van der Waals surface area contributed by atoms with E-state index < -0.39 is 8.56 Å². The van der Waals surface area contributed by atoms with Gasteiger partial charge in [0.15, 0.2) is 0 Å². The van der Waals surface area contributed by atoms with Crippen LogP contribution in [0.4, 0.5) is 0 Å². The fourth-order valence-corrected chi connectivity index (χ4v) is 6.07. The second-order valence-corrected chi connectivity index (χ2v) is 11.1. The van der Waals surface area contributed by atoms with Crippen molar-refractivity contribution < 1.29 is 8.95 Å². The van der Waals surface area contributed by atoms with Crippen molar-refractivity contribution in [1.82, 2.24) is 5.48 Å². The molecule has 0 aromatic carbocycles. The molecule has 0 amide bonds. The van der Waals surface area contributed by atoms with Crippen LogP contribution in [0.5, 0.6) is 0 Å². The maximum absolute atomic E-state index is 6.22. The Balaban J connectivity index is 2.26. The van der Waals surface area contributed by atoms with Gasteiger partial charge in [-0.05, 0) is 37.3 Å². The summed E-state index contributed by atoms with van der Waals surface area (Å²) in [6, 6.07) is 2.08. The van der Waals surface area contributed by atoms with Gasteiger partial charge in [-0.25, -0.2) is 5.48 Å². The highest BCUT2D eigenvalue weighted by Crippen LogP contribution is 2.26. The lowest BCUT2D eigenvalue weighted by molar-refractivity contribution is 0.0693. The first-order chi connectivity index (χ1) is 10.6. The molecule has 1 heterocycles. The largest absolute Gasteiger partial charge is 0.393 e. The van der Waals surface area contributed by atoms with Gasteiger partial charge in [0.25, 0.3) is 0 Å². The molecule has 1 N–H and O–H groups in total. The van der Waals surface area contributed by atoms with Crippen molar-refractivity contribution in [2.75, 3.05) is 13.2 Å². The third kappa shape index (κ3) is 8.34. The van der Waals surface area contributed by atoms with E-state index in [0.29, 0.717) is 11.2 Å². The normalized spacial score (nSPS) is 28.1. The first-order valence-electron chi connectivity index (χ1n) is 9.34. The molecule has 1 saturated heterocycles. The quantitative estimate of drug-likeness (QED) is 0.328. The fourth-order valence-electron chi connectivity index (χ4n) is 2.88. The minimum atomic E-state index is -2.05. The second-order valence-electron chi connectivity index (χ2n) is 6.85. The van der Waals surface area contributed by atoms with Crippen LogP contribution < -0.4 is 5.48 Å². The van der Waals surface area contributed by atoms with E-state index in [2.05, 4.69) is 26.3 Å². The molecule has 5 heteroatoms. The lowest BCUT2D eigenvalue weighted by Crippen LogP contribution is -2.49. The molecular weight excluding hydrogens is 310 g/mol. The summed E-state index contributed by atoms with van der Waals surface area (Å²) in [4.78, 5) is 0. The van der Waals surface area contributed by atoms with Crippen molar-refractivity contribution in [2.24, 2.45) is 5.92 Å². The molecule has 1 rings (SSSR count). The minimum Gasteiger partial charge on any atom is -0.393 e. The molecule has 0 spiro atoms. The smallest absolute Gasteiger partial charge is 0.357 e. The van der Waals surface area contributed by atoms with Gasteiger partial charge in [0.1, 0.15) is 0 Å². The first-order valence-corrected chi connectivity index (χ1v) is 12.1. The van der Waals surface area contributed by atoms with Crippen LogP contribution in [0.15, 0.2) is 0 Å². The Bertz CT molecular complexity index is 271. The van der Waals surface area contributed by atoms with Crippen LogP contribution in [0.1, 0.15) is 72.1 Å². The van der Waals surface area contributed by atoms with Crippen molar-refractivity contribution in [2.45, 2.75) is 89.5 Å². The van der Waals surface area contributed by atoms with Gasteiger partial charge in [-0.2, -0.15) is 12.6 Å². The number of unbranched alkanes of at least 4 members (excludes halogenated alkanes) is 4. The van der Waals surface area contributed by atoms with E-state index in [-0.39, 0.29) is 0 Å². The monoisotopic (exact) mass is 347 g/mol. The van der Waals surface area contributed by atoms with Crippen molar-refractivity contribution >= 4 is 21.2 Å². The molecule has 0 radical (unpaired) electrons. The van der Waals surface area contributed by atoms with Crippen molar-refractivity contribution in [1.29, 1.82) is 0 Å².